The van der Waals surface area contributed by atoms with Gasteiger partial charge in [-0.3, -0.25) is 24.1 Å². The van der Waals surface area contributed by atoms with Gasteiger partial charge in [0.15, 0.2) is 0 Å². The Bertz CT molecular complexity index is 481. The van der Waals surface area contributed by atoms with Crippen LogP contribution < -0.4 is 10.6 Å². The molecule has 2 N–H and O–H groups in total. The molecule has 0 aliphatic carbocycles. The molecule has 0 saturated carbocycles. The van der Waals surface area contributed by atoms with E-state index in [4.69, 9.17) is 0 Å². The molecular formula is C15H23N3O5. The molecule has 4 amide bonds. The van der Waals surface area contributed by atoms with Crippen molar-refractivity contribution in [3.05, 3.63) is 0 Å². The van der Waals surface area contributed by atoms with Gasteiger partial charge in [0.25, 0.3) is 11.8 Å². The molecule has 1 aliphatic rings. The monoisotopic (exact) mass is 325 g/mol. The summed E-state index contributed by atoms with van der Waals surface area (Å²) in [7, 11) is 0. The Morgan fingerprint density at radius 2 is 1.35 bits per heavy atom. The largest absolute Gasteiger partial charge is 0.345 e. The van der Waals surface area contributed by atoms with Gasteiger partial charge < -0.3 is 15.4 Å². The van der Waals surface area contributed by atoms with Crippen molar-refractivity contribution in [1.29, 1.82) is 0 Å². The molecule has 0 aromatic carbocycles. The third kappa shape index (κ3) is 4.61. The second-order valence-electron chi connectivity index (χ2n) is 6.00. The standard InChI is InChI=1S/C15H23N3O5/c1-8(2)11(7-19)18-14(22)9(3)16-12(20)5-6-13(21)17-10(4)15(18)23/h7-11H,5-6H2,1-4H3,(H,16,20)(H,17,21)/t9-,10-,11+/m0/s1. The fourth-order valence-corrected chi connectivity index (χ4v) is 2.31. The quantitative estimate of drug-likeness (QED) is 0.530. The highest BCUT2D eigenvalue weighted by molar-refractivity contribution is 6.04. The Labute approximate surface area is 135 Å². The molecule has 8 heteroatoms. The molecule has 0 aromatic rings. The predicted octanol–water partition coefficient (Wildman–Crippen LogP) is -0.632. The first-order chi connectivity index (χ1) is 10.7. The molecule has 1 rings (SSSR count). The molecular weight excluding hydrogens is 302 g/mol. The Morgan fingerprint density at radius 1 is 0.957 bits per heavy atom. The van der Waals surface area contributed by atoms with E-state index >= 15 is 0 Å². The van der Waals surface area contributed by atoms with Crippen molar-refractivity contribution in [2.75, 3.05) is 0 Å². The molecule has 128 valence electrons. The lowest BCUT2D eigenvalue weighted by atomic mass is 10.0. The molecule has 0 radical (unpaired) electrons. The number of imide groups is 1. The van der Waals surface area contributed by atoms with Crippen molar-refractivity contribution in [2.24, 2.45) is 5.92 Å². The van der Waals surface area contributed by atoms with E-state index in [2.05, 4.69) is 10.6 Å². The molecule has 3 atom stereocenters. The maximum atomic E-state index is 12.6. The highest BCUT2D eigenvalue weighted by atomic mass is 16.2. The van der Waals surface area contributed by atoms with Crippen molar-refractivity contribution in [3.63, 3.8) is 0 Å². The number of carbonyl (C=O) groups excluding carboxylic acids is 5. The first-order valence-electron chi connectivity index (χ1n) is 7.60. The minimum Gasteiger partial charge on any atom is -0.345 e. The summed E-state index contributed by atoms with van der Waals surface area (Å²) in [5, 5.41) is 4.91. The van der Waals surface area contributed by atoms with Crippen LogP contribution in [0.3, 0.4) is 0 Å². The first kappa shape index (κ1) is 18.8. The van der Waals surface area contributed by atoms with Crippen LogP contribution in [-0.2, 0) is 24.0 Å². The molecule has 1 heterocycles. The summed E-state index contributed by atoms with van der Waals surface area (Å²) in [6.45, 7) is 6.30. The van der Waals surface area contributed by atoms with E-state index < -0.39 is 41.8 Å². The molecule has 0 bridgehead atoms. The fourth-order valence-electron chi connectivity index (χ4n) is 2.31. The van der Waals surface area contributed by atoms with Crippen LogP contribution in [0.5, 0.6) is 0 Å². The van der Waals surface area contributed by atoms with Crippen LogP contribution in [0, 0.1) is 5.92 Å². The number of aldehydes is 1. The van der Waals surface area contributed by atoms with Crippen LogP contribution in [-0.4, -0.2) is 52.9 Å². The summed E-state index contributed by atoms with van der Waals surface area (Å²) < 4.78 is 0. The van der Waals surface area contributed by atoms with E-state index in [1.807, 2.05) is 0 Å². The second kappa shape index (κ2) is 7.85. The maximum absolute atomic E-state index is 12.6. The van der Waals surface area contributed by atoms with Crippen LogP contribution in [0.2, 0.25) is 0 Å². The van der Waals surface area contributed by atoms with Crippen LogP contribution in [0.1, 0.15) is 40.5 Å². The normalized spacial score (nSPS) is 25.5. The average molecular weight is 325 g/mol. The smallest absolute Gasteiger partial charge is 0.252 e. The van der Waals surface area contributed by atoms with Gasteiger partial charge >= 0.3 is 0 Å². The van der Waals surface area contributed by atoms with E-state index in [1.54, 1.807) is 13.8 Å². The number of carbonyl (C=O) groups is 5. The summed E-state index contributed by atoms with van der Waals surface area (Å²) in [6, 6.07) is -2.89. The van der Waals surface area contributed by atoms with Crippen molar-refractivity contribution in [1.82, 2.24) is 15.5 Å². The average Bonchev–Trinajstić information content (AvgIpc) is 2.48. The Hall–Kier alpha value is -2.25. The SMILES string of the molecule is CC(C)[C@@H](C=O)N1C(=O)[C@H](C)NC(=O)CCC(=O)N[C@@H](C)C1=O. The van der Waals surface area contributed by atoms with Crippen molar-refractivity contribution in [2.45, 2.75) is 58.7 Å². The van der Waals surface area contributed by atoms with Gasteiger partial charge in [-0.2, -0.15) is 0 Å². The van der Waals surface area contributed by atoms with Crippen LogP contribution in [0.25, 0.3) is 0 Å². The van der Waals surface area contributed by atoms with Gasteiger partial charge in [-0.05, 0) is 19.8 Å². The minimum atomic E-state index is -0.965. The Kier molecular flexibility index (Phi) is 6.41. The molecule has 23 heavy (non-hydrogen) atoms. The molecule has 1 aliphatic heterocycles. The maximum Gasteiger partial charge on any atom is 0.252 e. The number of nitrogens with one attached hydrogen (secondary N) is 2. The van der Waals surface area contributed by atoms with E-state index in [9.17, 15) is 24.0 Å². The highest BCUT2D eigenvalue weighted by Gasteiger charge is 2.37. The molecule has 0 unspecified atom stereocenters. The number of hydrogen-bond donors (Lipinski definition) is 2. The highest BCUT2D eigenvalue weighted by Crippen LogP contribution is 2.14. The summed E-state index contributed by atoms with van der Waals surface area (Å²) >= 11 is 0. The molecule has 1 fully saturated rings. The van der Waals surface area contributed by atoms with Gasteiger partial charge in [-0.1, -0.05) is 13.8 Å². The molecule has 0 aromatic heterocycles. The van der Waals surface area contributed by atoms with Gasteiger partial charge in [-0.25, -0.2) is 0 Å². The Morgan fingerprint density at radius 3 is 1.65 bits per heavy atom. The summed E-state index contributed by atoms with van der Waals surface area (Å²) in [5.74, 6) is -2.56. The number of nitrogens with zero attached hydrogens (tertiary/aromatic N) is 1. The van der Waals surface area contributed by atoms with E-state index in [1.165, 1.54) is 13.8 Å². The molecule has 1 saturated heterocycles. The van der Waals surface area contributed by atoms with Crippen molar-refractivity contribution >= 4 is 29.9 Å². The zero-order chi connectivity index (χ0) is 17.7. The zero-order valence-electron chi connectivity index (χ0n) is 13.8. The third-order valence-electron chi connectivity index (χ3n) is 3.67. The molecule has 0 spiro atoms. The predicted molar refractivity (Wildman–Crippen MR) is 81.0 cm³/mol. The lowest BCUT2D eigenvalue weighted by molar-refractivity contribution is -0.154. The van der Waals surface area contributed by atoms with Gasteiger partial charge in [0.1, 0.15) is 18.4 Å². The topological polar surface area (TPSA) is 113 Å². The van der Waals surface area contributed by atoms with E-state index in [-0.39, 0.29) is 18.8 Å². The second-order valence-corrected chi connectivity index (χ2v) is 6.00. The van der Waals surface area contributed by atoms with Crippen LogP contribution >= 0.6 is 0 Å². The van der Waals surface area contributed by atoms with Crippen molar-refractivity contribution in [3.8, 4) is 0 Å². The van der Waals surface area contributed by atoms with E-state index in [0.29, 0.717) is 6.29 Å². The number of hydrogen-bond acceptors (Lipinski definition) is 5. The summed E-state index contributed by atoms with van der Waals surface area (Å²) in [5.41, 5.74) is 0. The van der Waals surface area contributed by atoms with Crippen molar-refractivity contribution < 1.29 is 24.0 Å². The minimum absolute atomic E-state index is 0.0777. The van der Waals surface area contributed by atoms with Crippen LogP contribution in [0.15, 0.2) is 0 Å². The van der Waals surface area contributed by atoms with Gasteiger partial charge in [0.05, 0.1) is 6.04 Å². The molecule has 8 nitrogen and oxygen atoms in total. The lowest BCUT2D eigenvalue weighted by Gasteiger charge is -2.32. The van der Waals surface area contributed by atoms with Gasteiger partial charge in [-0.15, -0.1) is 0 Å². The fraction of sp³-hybridized carbons (Fsp3) is 0.667. The number of amides is 4. The third-order valence-corrected chi connectivity index (χ3v) is 3.67. The number of rotatable bonds is 3. The lowest BCUT2D eigenvalue weighted by Crippen LogP contribution is -2.58. The summed E-state index contributed by atoms with van der Waals surface area (Å²) in [4.78, 5) is 60.9. The Balaban J connectivity index is 3.25. The summed E-state index contributed by atoms with van der Waals surface area (Å²) in [6.07, 6.45) is 0.375. The van der Waals surface area contributed by atoms with E-state index in [0.717, 1.165) is 4.90 Å². The zero-order valence-corrected chi connectivity index (χ0v) is 13.8. The van der Waals surface area contributed by atoms with Gasteiger partial charge in [0.2, 0.25) is 11.8 Å². The van der Waals surface area contributed by atoms with Crippen LogP contribution in [0.4, 0.5) is 0 Å². The first-order valence-corrected chi connectivity index (χ1v) is 7.60. The van der Waals surface area contributed by atoms with Gasteiger partial charge in [0, 0.05) is 12.8 Å².